The number of carbonyl (C=O) groups excluding carboxylic acids is 2. The van der Waals surface area contributed by atoms with E-state index in [2.05, 4.69) is 5.32 Å². The highest BCUT2D eigenvalue weighted by Gasteiger charge is 2.28. The summed E-state index contributed by atoms with van der Waals surface area (Å²) >= 11 is 0. The van der Waals surface area contributed by atoms with Crippen molar-refractivity contribution in [1.29, 1.82) is 0 Å². The summed E-state index contributed by atoms with van der Waals surface area (Å²) in [5.41, 5.74) is 3.45. The molecule has 0 spiro atoms. The van der Waals surface area contributed by atoms with Crippen molar-refractivity contribution in [2.75, 3.05) is 11.9 Å². The molecule has 0 aliphatic carbocycles. The third-order valence-corrected chi connectivity index (χ3v) is 4.78. The van der Waals surface area contributed by atoms with E-state index < -0.39 is 24.5 Å². The summed E-state index contributed by atoms with van der Waals surface area (Å²) in [5.74, 6) is -0.803. The second-order valence-electron chi connectivity index (χ2n) is 7.59. The van der Waals surface area contributed by atoms with Crippen LogP contribution >= 0.6 is 0 Å². The lowest BCUT2D eigenvalue weighted by Gasteiger charge is -2.13. The molecule has 0 fully saturated rings. The largest absolute Gasteiger partial charge is 0.489 e. The van der Waals surface area contributed by atoms with E-state index in [0.29, 0.717) is 29.2 Å². The van der Waals surface area contributed by atoms with Crippen LogP contribution in [0.4, 0.5) is 18.9 Å². The minimum Gasteiger partial charge on any atom is -0.489 e. The highest BCUT2D eigenvalue weighted by atomic mass is 19.4. The fourth-order valence-corrected chi connectivity index (χ4v) is 3.07. The average molecular weight is 456 g/mol. The lowest BCUT2D eigenvalue weighted by molar-refractivity contribution is -0.123. The smallest absolute Gasteiger partial charge is 0.405 e. The summed E-state index contributed by atoms with van der Waals surface area (Å²) < 4.78 is 42.9. The van der Waals surface area contributed by atoms with E-state index in [0.717, 1.165) is 11.1 Å². The molecule has 0 unspecified atom stereocenters. The topological polar surface area (TPSA) is 67.4 Å². The summed E-state index contributed by atoms with van der Waals surface area (Å²) in [7, 11) is 0. The van der Waals surface area contributed by atoms with E-state index in [4.69, 9.17) is 4.74 Å². The molecule has 0 radical (unpaired) electrons. The lowest BCUT2D eigenvalue weighted by Crippen LogP contribution is -2.33. The van der Waals surface area contributed by atoms with Gasteiger partial charge in [-0.2, -0.15) is 13.2 Å². The van der Waals surface area contributed by atoms with Gasteiger partial charge in [-0.3, -0.25) is 9.59 Å². The number of aryl methyl sites for hydroxylation is 2. The number of anilines is 1. The molecule has 3 rings (SSSR count). The molecule has 0 aromatic heterocycles. The van der Waals surface area contributed by atoms with Gasteiger partial charge in [-0.25, -0.2) is 0 Å². The Labute approximate surface area is 189 Å². The first kappa shape index (κ1) is 23.8. The van der Waals surface area contributed by atoms with Crippen LogP contribution in [0.1, 0.15) is 37.4 Å². The summed E-state index contributed by atoms with van der Waals surface area (Å²) in [5, 5.41) is 4.52. The Balaban J connectivity index is 1.68. The molecule has 172 valence electrons. The van der Waals surface area contributed by atoms with Crippen LogP contribution in [-0.4, -0.2) is 24.5 Å². The number of amides is 2. The Morgan fingerprint density at radius 3 is 2.33 bits per heavy atom. The monoisotopic (exact) mass is 456 g/mol. The normalized spacial score (nSPS) is 11.1. The summed E-state index contributed by atoms with van der Waals surface area (Å²) in [6.07, 6.45) is -4.51. The fraction of sp³-hybridized carbons (Fsp3) is 0.200. The Bertz CT molecular complexity index is 1160. The van der Waals surface area contributed by atoms with Crippen molar-refractivity contribution >= 4 is 17.5 Å². The molecule has 3 aromatic rings. The summed E-state index contributed by atoms with van der Waals surface area (Å²) in [6, 6.07) is 18.8. The number of benzene rings is 3. The van der Waals surface area contributed by atoms with E-state index in [1.807, 2.05) is 36.5 Å². The number of ether oxygens (including phenoxy) is 1. The maximum atomic E-state index is 12.8. The van der Waals surface area contributed by atoms with Crippen LogP contribution in [-0.2, 0) is 6.61 Å². The van der Waals surface area contributed by atoms with Crippen LogP contribution in [0.3, 0.4) is 0 Å². The molecule has 0 heterocycles. The number of hydrogen-bond donors (Lipinski definition) is 2. The zero-order valence-electron chi connectivity index (χ0n) is 18.1. The number of hydrogen-bond acceptors (Lipinski definition) is 3. The van der Waals surface area contributed by atoms with Crippen molar-refractivity contribution in [2.24, 2.45) is 0 Å². The molecule has 5 nitrogen and oxygen atoms in total. The minimum absolute atomic E-state index is 0.00962. The molecule has 0 saturated carbocycles. The second-order valence-corrected chi connectivity index (χ2v) is 7.59. The van der Waals surface area contributed by atoms with Crippen molar-refractivity contribution in [3.63, 3.8) is 0 Å². The van der Waals surface area contributed by atoms with Crippen LogP contribution in [0, 0.1) is 13.8 Å². The first-order valence-electron chi connectivity index (χ1n) is 10.2. The Morgan fingerprint density at radius 2 is 1.61 bits per heavy atom. The molecule has 2 amide bonds. The minimum atomic E-state index is -4.51. The van der Waals surface area contributed by atoms with Crippen molar-refractivity contribution in [3.05, 3.63) is 94.5 Å². The van der Waals surface area contributed by atoms with E-state index >= 15 is 0 Å². The maximum absolute atomic E-state index is 12.8. The van der Waals surface area contributed by atoms with Gasteiger partial charge in [0.05, 0.1) is 0 Å². The van der Waals surface area contributed by atoms with Gasteiger partial charge in [-0.05, 0) is 55.3 Å². The van der Waals surface area contributed by atoms with E-state index in [-0.39, 0.29) is 5.56 Å². The summed E-state index contributed by atoms with van der Waals surface area (Å²) in [4.78, 5) is 24.8. The van der Waals surface area contributed by atoms with Gasteiger partial charge in [0.1, 0.15) is 18.9 Å². The number of halogens is 3. The quantitative estimate of drug-likeness (QED) is 0.499. The van der Waals surface area contributed by atoms with E-state index in [1.165, 1.54) is 12.1 Å². The molecule has 8 heteroatoms. The zero-order valence-corrected chi connectivity index (χ0v) is 18.1. The molecule has 0 bridgehead atoms. The number of alkyl halides is 3. The Hall–Kier alpha value is -3.81. The predicted molar refractivity (Wildman–Crippen MR) is 119 cm³/mol. The van der Waals surface area contributed by atoms with Crippen LogP contribution < -0.4 is 15.4 Å². The Morgan fingerprint density at radius 1 is 0.879 bits per heavy atom. The van der Waals surface area contributed by atoms with Gasteiger partial charge < -0.3 is 15.4 Å². The standard InChI is InChI=1S/C25H23F3N2O3/c1-16-5-3-6-18(11-16)14-33-21-8-4-7-19(12-21)24(32)30-22-13-20(10-9-17(22)2)23(31)29-15-25(26,27)28/h3-13H,14-15H2,1-2H3,(H,29,31)(H,30,32). The highest BCUT2D eigenvalue weighted by Crippen LogP contribution is 2.21. The molecule has 0 aliphatic heterocycles. The van der Waals surface area contributed by atoms with Crippen LogP contribution in [0.5, 0.6) is 5.75 Å². The van der Waals surface area contributed by atoms with Gasteiger partial charge in [-0.1, -0.05) is 42.0 Å². The zero-order chi connectivity index (χ0) is 24.0. The molecule has 0 atom stereocenters. The van der Waals surface area contributed by atoms with Gasteiger partial charge in [-0.15, -0.1) is 0 Å². The molecule has 0 aliphatic rings. The number of carbonyl (C=O) groups is 2. The van der Waals surface area contributed by atoms with Crippen molar-refractivity contribution < 1.29 is 27.5 Å². The van der Waals surface area contributed by atoms with Crippen molar-refractivity contribution in [3.8, 4) is 5.75 Å². The van der Waals surface area contributed by atoms with Crippen LogP contribution in [0.25, 0.3) is 0 Å². The van der Waals surface area contributed by atoms with Crippen LogP contribution in [0.15, 0.2) is 66.7 Å². The van der Waals surface area contributed by atoms with Crippen LogP contribution in [0.2, 0.25) is 0 Å². The first-order valence-corrected chi connectivity index (χ1v) is 10.2. The number of rotatable bonds is 7. The van der Waals surface area contributed by atoms with Crippen molar-refractivity contribution in [2.45, 2.75) is 26.6 Å². The van der Waals surface area contributed by atoms with E-state index in [9.17, 15) is 22.8 Å². The van der Waals surface area contributed by atoms with Gasteiger partial charge >= 0.3 is 6.18 Å². The highest BCUT2D eigenvalue weighted by molar-refractivity contribution is 6.05. The SMILES string of the molecule is Cc1cccc(COc2cccc(C(=O)Nc3cc(C(=O)NCC(F)(F)F)ccc3C)c2)c1. The van der Waals surface area contributed by atoms with Gasteiger partial charge in [0.2, 0.25) is 0 Å². The Kier molecular flexibility index (Phi) is 7.37. The summed E-state index contributed by atoms with van der Waals surface area (Å²) in [6.45, 7) is 2.62. The second kappa shape index (κ2) is 10.2. The molecule has 3 aromatic carbocycles. The first-order chi connectivity index (χ1) is 15.6. The molecule has 2 N–H and O–H groups in total. The van der Waals surface area contributed by atoms with Gasteiger partial charge in [0.15, 0.2) is 0 Å². The number of nitrogens with one attached hydrogen (secondary N) is 2. The maximum Gasteiger partial charge on any atom is 0.405 e. The third kappa shape index (κ3) is 7.10. The molecular formula is C25H23F3N2O3. The van der Waals surface area contributed by atoms with E-state index in [1.54, 1.807) is 37.3 Å². The average Bonchev–Trinajstić information content (AvgIpc) is 2.77. The molecular weight excluding hydrogens is 433 g/mol. The fourth-order valence-electron chi connectivity index (χ4n) is 3.07. The molecule has 0 saturated heterocycles. The lowest BCUT2D eigenvalue weighted by atomic mass is 10.1. The van der Waals surface area contributed by atoms with Gasteiger partial charge in [0, 0.05) is 16.8 Å². The van der Waals surface area contributed by atoms with Gasteiger partial charge in [0.25, 0.3) is 11.8 Å². The predicted octanol–water partition coefficient (Wildman–Crippen LogP) is 5.43. The molecule has 33 heavy (non-hydrogen) atoms. The third-order valence-electron chi connectivity index (χ3n) is 4.78. The van der Waals surface area contributed by atoms with Crippen molar-refractivity contribution in [1.82, 2.24) is 5.32 Å².